The number of nitrogens with zero attached hydrogens (tertiary/aromatic N) is 2. The molecule has 4 rings (SSSR count). The molecule has 1 aromatic heterocycles. The molecule has 154 valence electrons. The molecule has 2 aliphatic heterocycles. The van der Waals surface area contributed by atoms with Gasteiger partial charge in [-0.1, -0.05) is 6.07 Å². The van der Waals surface area contributed by atoms with E-state index in [1.165, 1.54) is 32.9 Å². The Morgan fingerprint density at radius 3 is 2.48 bits per heavy atom. The summed E-state index contributed by atoms with van der Waals surface area (Å²) in [5.41, 5.74) is -2.14. The number of rotatable bonds is 3. The molecular formula is C19H21N3O7. The van der Waals surface area contributed by atoms with Gasteiger partial charge in [-0.25, -0.2) is 4.79 Å². The van der Waals surface area contributed by atoms with Gasteiger partial charge in [0.1, 0.15) is 18.3 Å². The molecule has 29 heavy (non-hydrogen) atoms. The maximum Gasteiger partial charge on any atom is 0.332 e. The first kappa shape index (κ1) is 19.1. The highest BCUT2D eigenvalue weighted by atomic mass is 16.6. The van der Waals surface area contributed by atoms with Crippen molar-refractivity contribution in [3.8, 4) is 11.5 Å². The predicted octanol–water partition coefficient (Wildman–Crippen LogP) is -0.480. The Hall–Kier alpha value is -3.27. The SMILES string of the molecule is COc1ccc(C2c3c(n(C)c(=O)n(C)c3=O)NC3(O)COC(=O)C23)cc1OC. The van der Waals surface area contributed by atoms with Gasteiger partial charge in [-0.15, -0.1) is 0 Å². The minimum atomic E-state index is -1.77. The Morgan fingerprint density at radius 2 is 1.83 bits per heavy atom. The molecule has 0 spiro atoms. The second-order valence-electron chi connectivity index (χ2n) is 7.19. The monoisotopic (exact) mass is 403 g/mol. The van der Waals surface area contributed by atoms with E-state index >= 15 is 0 Å². The third kappa shape index (κ3) is 2.55. The van der Waals surface area contributed by atoms with Gasteiger partial charge in [0.05, 0.1) is 19.8 Å². The molecule has 1 fully saturated rings. The van der Waals surface area contributed by atoms with Crippen LogP contribution >= 0.6 is 0 Å². The van der Waals surface area contributed by atoms with E-state index in [-0.39, 0.29) is 18.0 Å². The molecule has 0 bridgehead atoms. The summed E-state index contributed by atoms with van der Waals surface area (Å²) in [5.74, 6) is -1.56. The van der Waals surface area contributed by atoms with Gasteiger partial charge in [0.2, 0.25) is 0 Å². The van der Waals surface area contributed by atoms with Gasteiger partial charge in [0, 0.05) is 20.0 Å². The molecule has 3 heterocycles. The van der Waals surface area contributed by atoms with Crippen LogP contribution in [0, 0.1) is 5.92 Å². The largest absolute Gasteiger partial charge is 0.493 e. The zero-order valence-electron chi connectivity index (χ0n) is 16.4. The summed E-state index contributed by atoms with van der Waals surface area (Å²) >= 11 is 0. The Kier molecular flexibility index (Phi) is 4.19. The Labute approximate surface area is 165 Å². The Balaban J connectivity index is 2.06. The summed E-state index contributed by atoms with van der Waals surface area (Å²) < 4.78 is 18.0. The molecule has 3 atom stereocenters. The summed E-state index contributed by atoms with van der Waals surface area (Å²) in [5, 5.41) is 13.9. The minimum Gasteiger partial charge on any atom is -0.493 e. The van der Waals surface area contributed by atoms with Gasteiger partial charge in [0.25, 0.3) is 5.56 Å². The number of carbonyl (C=O) groups is 1. The van der Waals surface area contributed by atoms with Crippen molar-refractivity contribution in [1.82, 2.24) is 9.13 Å². The fourth-order valence-electron chi connectivity index (χ4n) is 4.16. The van der Waals surface area contributed by atoms with Crippen LogP contribution in [0.1, 0.15) is 17.0 Å². The Morgan fingerprint density at radius 1 is 1.14 bits per heavy atom. The average Bonchev–Trinajstić information content (AvgIpc) is 3.03. The molecule has 3 unspecified atom stereocenters. The second-order valence-corrected chi connectivity index (χ2v) is 7.19. The lowest BCUT2D eigenvalue weighted by molar-refractivity contribution is -0.141. The fraction of sp³-hybridized carbons (Fsp3) is 0.421. The summed E-state index contributed by atoms with van der Waals surface area (Å²) in [7, 11) is 5.82. The number of methoxy groups -OCH3 is 2. The number of carbonyl (C=O) groups excluding carboxylic acids is 1. The topological polar surface area (TPSA) is 121 Å². The second kappa shape index (κ2) is 6.38. The minimum absolute atomic E-state index is 0.148. The van der Waals surface area contributed by atoms with E-state index < -0.39 is 34.8 Å². The van der Waals surface area contributed by atoms with E-state index in [1.807, 2.05) is 0 Å². The third-order valence-electron chi connectivity index (χ3n) is 5.65. The van der Waals surface area contributed by atoms with Gasteiger partial charge in [-0.05, 0) is 17.7 Å². The summed E-state index contributed by atoms with van der Waals surface area (Å²) in [6.45, 7) is -0.302. The number of benzene rings is 1. The van der Waals surface area contributed by atoms with Crippen LogP contribution < -0.4 is 26.0 Å². The number of fused-ring (bicyclic) bond motifs is 2. The summed E-state index contributed by atoms with van der Waals surface area (Å²) in [6.07, 6.45) is 0. The van der Waals surface area contributed by atoms with Crippen molar-refractivity contribution in [3.05, 3.63) is 50.2 Å². The van der Waals surface area contributed by atoms with Crippen molar-refractivity contribution in [1.29, 1.82) is 0 Å². The van der Waals surface area contributed by atoms with Crippen LogP contribution in [0.4, 0.5) is 5.82 Å². The number of aromatic nitrogens is 2. The molecule has 1 saturated heterocycles. The van der Waals surface area contributed by atoms with E-state index in [0.29, 0.717) is 17.1 Å². The molecule has 2 N–H and O–H groups in total. The van der Waals surface area contributed by atoms with Gasteiger partial charge >= 0.3 is 11.7 Å². The zero-order valence-corrected chi connectivity index (χ0v) is 16.4. The summed E-state index contributed by atoms with van der Waals surface area (Å²) in [6, 6.07) is 4.99. The molecule has 0 amide bonds. The van der Waals surface area contributed by atoms with Gasteiger partial charge in [-0.2, -0.15) is 0 Å². The Bertz CT molecular complexity index is 1140. The van der Waals surface area contributed by atoms with E-state index in [9.17, 15) is 19.5 Å². The van der Waals surface area contributed by atoms with Crippen molar-refractivity contribution in [2.24, 2.45) is 20.0 Å². The maximum absolute atomic E-state index is 13.1. The molecule has 0 radical (unpaired) electrons. The van der Waals surface area contributed by atoms with Gasteiger partial charge in [-0.3, -0.25) is 18.7 Å². The van der Waals surface area contributed by atoms with Crippen LogP contribution in [-0.2, 0) is 23.6 Å². The number of nitrogens with one attached hydrogen (secondary N) is 1. The average molecular weight is 403 g/mol. The van der Waals surface area contributed by atoms with E-state index in [2.05, 4.69) is 5.32 Å². The first-order valence-corrected chi connectivity index (χ1v) is 8.92. The highest BCUT2D eigenvalue weighted by Gasteiger charge is 2.58. The number of hydrogen-bond donors (Lipinski definition) is 2. The van der Waals surface area contributed by atoms with E-state index in [4.69, 9.17) is 14.2 Å². The molecular weight excluding hydrogens is 382 g/mol. The zero-order chi connectivity index (χ0) is 21.1. The smallest absolute Gasteiger partial charge is 0.332 e. The lowest BCUT2D eigenvalue weighted by atomic mass is 9.74. The van der Waals surface area contributed by atoms with Crippen LogP contribution in [-0.4, -0.2) is 46.8 Å². The van der Waals surface area contributed by atoms with Crippen molar-refractivity contribution >= 4 is 11.8 Å². The molecule has 1 aromatic carbocycles. The van der Waals surface area contributed by atoms with Crippen molar-refractivity contribution in [3.63, 3.8) is 0 Å². The molecule has 10 nitrogen and oxygen atoms in total. The molecule has 10 heteroatoms. The fourth-order valence-corrected chi connectivity index (χ4v) is 4.16. The predicted molar refractivity (Wildman–Crippen MR) is 101 cm³/mol. The molecule has 2 aromatic rings. The maximum atomic E-state index is 13.1. The van der Waals surface area contributed by atoms with Gasteiger partial charge in [0.15, 0.2) is 17.2 Å². The quantitative estimate of drug-likeness (QED) is 0.660. The number of esters is 1. The normalized spacial score (nSPS) is 24.9. The first-order valence-electron chi connectivity index (χ1n) is 8.92. The van der Waals surface area contributed by atoms with Crippen LogP contribution in [0.15, 0.2) is 27.8 Å². The first-order chi connectivity index (χ1) is 13.7. The molecule has 0 aliphatic carbocycles. The number of anilines is 1. The van der Waals surface area contributed by atoms with Crippen molar-refractivity contribution in [2.75, 3.05) is 26.1 Å². The van der Waals surface area contributed by atoms with Crippen LogP contribution in [0.3, 0.4) is 0 Å². The number of hydrogen-bond acceptors (Lipinski definition) is 8. The molecule has 0 saturated carbocycles. The van der Waals surface area contributed by atoms with Crippen molar-refractivity contribution in [2.45, 2.75) is 11.6 Å². The summed E-state index contributed by atoms with van der Waals surface area (Å²) in [4.78, 5) is 38.1. The number of cyclic esters (lactones) is 1. The number of ether oxygens (including phenoxy) is 3. The molecule has 2 aliphatic rings. The number of aliphatic hydroxyl groups is 1. The van der Waals surface area contributed by atoms with Gasteiger partial charge < -0.3 is 24.6 Å². The highest BCUT2D eigenvalue weighted by Crippen LogP contribution is 2.48. The lowest BCUT2D eigenvalue weighted by Crippen LogP contribution is -2.56. The van der Waals surface area contributed by atoms with Crippen LogP contribution in [0.5, 0.6) is 11.5 Å². The van der Waals surface area contributed by atoms with E-state index in [1.54, 1.807) is 18.2 Å². The lowest BCUT2D eigenvalue weighted by Gasteiger charge is -2.40. The third-order valence-corrected chi connectivity index (χ3v) is 5.65. The van der Waals surface area contributed by atoms with Crippen molar-refractivity contribution < 1.29 is 24.1 Å². The van der Waals surface area contributed by atoms with Crippen LogP contribution in [0.2, 0.25) is 0 Å². The van der Waals surface area contributed by atoms with Crippen LogP contribution in [0.25, 0.3) is 0 Å². The highest BCUT2D eigenvalue weighted by molar-refractivity contribution is 5.81. The van der Waals surface area contributed by atoms with E-state index in [0.717, 1.165) is 4.57 Å². The standard InChI is InChI=1S/C19H21N3O7/c1-21-15-13(16(23)22(2)18(21)25)12(14-17(24)29-8-19(14,26)20-15)9-5-6-10(27-3)11(7-9)28-4/h5-7,12,14,20,26H,8H2,1-4H3.